The van der Waals surface area contributed by atoms with Crippen LogP contribution in [0, 0.1) is 12.8 Å². The highest BCUT2D eigenvalue weighted by Gasteiger charge is 2.39. The molecule has 3 aromatic rings. The number of benzene rings is 1. The van der Waals surface area contributed by atoms with E-state index in [-0.39, 0.29) is 23.7 Å². The molecule has 0 spiro atoms. The van der Waals surface area contributed by atoms with E-state index in [9.17, 15) is 9.59 Å². The van der Waals surface area contributed by atoms with Gasteiger partial charge in [-0.1, -0.05) is 24.3 Å². The number of nitrogens with zero attached hydrogens (tertiary/aromatic N) is 4. The third kappa shape index (κ3) is 4.50. The zero-order chi connectivity index (χ0) is 22.1. The second-order valence-corrected chi connectivity index (χ2v) is 9.36. The van der Waals surface area contributed by atoms with Gasteiger partial charge in [-0.3, -0.25) is 18.9 Å². The number of hydrogen-bond donors (Lipinski definition) is 1. The molecule has 0 bridgehead atoms. The Labute approximate surface area is 186 Å². The molecular formula is C23H29N5O2S. The Morgan fingerprint density at radius 1 is 1.23 bits per heavy atom. The number of imidazole rings is 1. The van der Waals surface area contributed by atoms with Crippen LogP contribution in [0.1, 0.15) is 35.4 Å². The molecule has 4 rings (SSSR count). The first-order chi connectivity index (χ1) is 14.8. The summed E-state index contributed by atoms with van der Waals surface area (Å²) in [6.07, 6.45) is 2.07. The zero-order valence-corrected chi connectivity index (χ0v) is 19.3. The molecule has 0 radical (unpaired) electrons. The highest BCUT2D eigenvalue weighted by atomic mass is 32.1. The predicted molar refractivity (Wildman–Crippen MR) is 122 cm³/mol. The number of carbonyl (C=O) groups excluding carboxylic acids is 2. The lowest BCUT2D eigenvalue weighted by molar-refractivity contribution is -0.133. The molecule has 1 aromatic carbocycles. The highest BCUT2D eigenvalue weighted by Crippen LogP contribution is 2.35. The van der Waals surface area contributed by atoms with Gasteiger partial charge in [0.2, 0.25) is 11.8 Å². The summed E-state index contributed by atoms with van der Waals surface area (Å²) >= 11 is 1.64. The van der Waals surface area contributed by atoms with Gasteiger partial charge in [-0.05, 0) is 18.1 Å². The molecule has 0 unspecified atom stereocenters. The van der Waals surface area contributed by atoms with E-state index in [0.29, 0.717) is 6.54 Å². The van der Waals surface area contributed by atoms with Gasteiger partial charge >= 0.3 is 0 Å². The topological polar surface area (TPSA) is 70.0 Å². The first-order valence-electron chi connectivity index (χ1n) is 10.5. The second-order valence-electron chi connectivity index (χ2n) is 8.49. The van der Waals surface area contributed by atoms with Crippen LogP contribution >= 0.6 is 11.3 Å². The monoisotopic (exact) mass is 439 g/mol. The minimum atomic E-state index is -0.0811. The number of amides is 2. The fraction of sp³-hybridized carbons (Fsp3) is 0.435. The van der Waals surface area contributed by atoms with Gasteiger partial charge in [-0.15, -0.1) is 11.3 Å². The van der Waals surface area contributed by atoms with Crippen LogP contribution in [0.25, 0.3) is 4.96 Å². The van der Waals surface area contributed by atoms with Gasteiger partial charge < -0.3 is 10.2 Å². The van der Waals surface area contributed by atoms with Crippen LogP contribution in [0.4, 0.5) is 0 Å². The number of aromatic nitrogens is 2. The normalized spacial score (nSPS) is 19.1. The van der Waals surface area contributed by atoms with E-state index in [0.717, 1.165) is 35.9 Å². The van der Waals surface area contributed by atoms with Crippen LogP contribution in [0.3, 0.4) is 0 Å². The van der Waals surface area contributed by atoms with Crippen LogP contribution in [-0.4, -0.2) is 58.2 Å². The average molecular weight is 440 g/mol. The van der Waals surface area contributed by atoms with Crippen LogP contribution in [0.5, 0.6) is 0 Å². The summed E-state index contributed by atoms with van der Waals surface area (Å²) in [5, 5.41) is 4.88. The first-order valence-corrected chi connectivity index (χ1v) is 11.4. The predicted octanol–water partition coefficient (Wildman–Crippen LogP) is 2.64. The minimum Gasteiger partial charge on any atom is -0.352 e. The van der Waals surface area contributed by atoms with Gasteiger partial charge in [0.05, 0.1) is 17.3 Å². The number of rotatable bonds is 6. The summed E-state index contributed by atoms with van der Waals surface area (Å²) in [6, 6.07) is 8.28. The molecule has 8 heteroatoms. The lowest BCUT2D eigenvalue weighted by Gasteiger charge is -2.22. The van der Waals surface area contributed by atoms with Gasteiger partial charge in [0.25, 0.3) is 0 Å². The van der Waals surface area contributed by atoms with Crippen molar-refractivity contribution < 1.29 is 9.59 Å². The Bertz CT molecular complexity index is 1090. The molecule has 1 N–H and O–H groups in total. The summed E-state index contributed by atoms with van der Waals surface area (Å²) in [7, 11) is 3.66. The number of fused-ring (bicyclic) bond motifs is 1. The summed E-state index contributed by atoms with van der Waals surface area (Å²) in [4.78, 5) is 33.9. The van der Waals surface area contributed by atoms with E-state index in [4.69, 9.17) is 0 Å². The first kappa shape index (κ1) is 21.5. The number of hydrogen-bond acceptors (Lipinski definition) is 5. The number of nitrogens with one attached hydrogen (secondary N) is 1. The van der Waals surface area contributed by atoms with E-state index in [1.54, 1.807) is 16.2 Å². The number of likely N-dealkylation sites (tertiary alicyclic amines) is 1. The van der Waals surface area contributed by atoms with E-state index in [1.165, 1.54) is 18.2 Å². The smallest absolute Gasteiger partial charge is 0.227 e. The maximum absolute atomic E-state index is 13.0. The van der Waals surface area contributed by atoms with Gasteiger partial charge in [0.15, 0.2) is 4.96 Å². The van der Waals surface area contributed by atoms with Crippen molar-refractivity contribution >= 4 is 28.1 Å². The van der Waals surface area contributed by atoms with Crippen LogP contribution in [0.2, 0.25) is 0 Å². The Hall–Kier alpha value is -2.71. The molecule has 0 saturated carbocycles. The summed E-state index contributed by atoms with van der Waals surface area (Å²) in [5.41, 5.74) is 4.46. The Morgan fingerprint density at radius 3 is 2.65 bits per heavy atom. The minimum absolute atomic E-state index is 0.0398. The molecule has 0 aliphatic carbocycles. The van der Waals surface area contributed by atoms with Gasteiger partial charge in [-0.25, -0.2) is 4.98 Å². The van der Waals surface area contributed by atoms with Gasteiger partial charge in [0.1, 0.15) is 0 Å². The van der Waals surface area contributed by atoms with Crippen molar-refractivity contribution in [2.45, 2.75) is 32.9 Å². The zero-order valence-electron chi connectivity index (χ0n) is 18.5. The standard InChI is InChI=1S/C23H29N5O2S/c1-15-21(28-9-10-31-23(28)25-15)14-27-12-19(20(13-27)22(30)26(3)4)18-7-5-17(6-8-18)11-24-16(2)29/h5-10,19-20H,11-14H2,1-4H3,(H,24,29)/t19-,20+/m1/s1. The van der Waals surface area contributed by atoms with E-state index >= 15 is 0 Å². The molecule has 2 aromatic heterocycles. The van der Waals surface area contributed by atoms with Crippen molar-refractivity contribution in [2.24, 2.45) is 5.92 Å². The summed E-state index contributed by atoms with van der Waals surface area (Å²) < 4.78 is 2.16. The van der Waals surface area contributed by atoms with Crippen LogP contribution < -0.4 is 5.32 Å². The maximum atomic E-state index is 13.0. The van der Waals surface area contributed by atoms with E-state index < -0.39 is 0 Å². The fourth-order valence-corrected chi connectivity index (χ4v) is 5.16. The second kappa shape index (κ2) is 8.80. The Kier molecular flexibility index (Phi) is 6.11. The van der Waals surface area contributed by atoms with Crippen molar-refractivity contribution in [3.63, 3.8) is 0 Å². The molecule has 1 fully saturated rings. The Morgan fingerprint density at radius 2 is 1.97 bits per heavy atom. The molecular weight excluding hydrogens is 410 g/mol. The van der Waals surface area contributed by atoms with Crippen LogP contribution in [-0.2, 0) is 22.7 Å². The average Bonchev–Trinajstić information content (AvgIpc) is 3.43. The maximum Gasteiger partial charge on any atom is 0.227 e. The third-order valence-corrected chi connectivity index (χ3v) is 6.79. The molecule has 1 saturated heterocycles. The van der Waals surface area contributed by atoms with Crippen molar-refractivity contribution in [1.29, 1.82) is 0 Å². The lowest BCUT2D eigenvalue weighted by atomic mass is 9.87. The number of aryl methyl sites for hydroxylation is 1. The lowest BCUT2D eigenvalue weighted by Crippen LogP contribution is -2.33. The molecule has 3 heterocycles. The van der Waals surface area contributed by atoms with Crippen molar-refractivity contribution in [1.82, 2.24) is 24.5 Å². The van der Waals surface area contributed by atoms with E-state index in [1.807, 2.05) is 26.2 Å². The Balaban J connectivity index is 1.55. The number of thiazole rings is 1. The van der Waals surface area contributed by atoms with E-state index in [2.05, 4.69) is 50.2 Å². The number of carbonyl (C=O) groups is 2. The molecule has 1 aliphatic rings. The summed E-state index contributed by atoms with van der Waals surface area (Å²) in [6.45, 7) is 6.42. The van der Waals surface area contributed by atoms with Gasteiger partial charge in [0, 0.05) is 64.7 Å². The largest absolute Gasteiger partial charge is 0.352 e. The van der Waals surface area contributed by atoms with Crippen molar-refractivity contribution in [2.75, 3.05) is 27.2 Å². The molecule has 1 aliphatic heterocycles. The molecule has 7 nitrogen and oxygen atoms in total. The van der Waals surface area contributed by atoms with Crippen molar-refractivity contribution in [3.8, 4) is 0 Å². The fourth-order valence-electron chi connectivity index (χ4n) is 4.39. The molecule has 2 amide bonds. The molecule has 2 atom stereocenters. The molecule has 31 heavy (non-hydrogen) atoms. The third-order valence-electron chi connectivity index (χ3n) is 6.04. The summed E-state index contributed by atoms with van der Waals surface area (Å²) in [5.74, 6) is 0.181. The van der Waals surface area contributed by atoms with Gasteiger partial charge in [-0.2, -0.15) is 0 Å². The van der Waals surface area contributed by atoms with Crippen molar-refractivity contribution in [3.05, 3.63) is 58.4 Å². The quantitative estimate of drug-likeness (QED) is 0.641. The highest BCUT2D eigenvalue weighted by molar-refractivity contribution is 7.15. The van der Waals surface area contributed by atoms with Crippen LogP contribution in [0.15, 0.2) is 35.8 Å². The SMILES string of the molecule is CC(=O)NCc1ccc([C@H]2CN(Cc3c(C)nc4sccn34)C[C@@H]2C(=O)N(C)C)cc1. The molecule has 164 valence electrons.